The molecule has 1 aliphatic heterocycles. The Bertz CT molecular complexity index is 1040. The number of benzene rings is 1. The van der Waals surface area contributed by atoms with E-state index < -0.39 is 17.7 Å². The number of aromatic nitrogens is 1. The molecule has 1 amide bonds. The van der Waals surface area contributed by atoms with E-state index in [1.807, 2.05) is 31.1 Å². The van der Waals surface area contributed by atoms with Gasteiger partial charge in [-0.3, -0.25) is 14.6 Å². The van der Waals surface area contributed by atoms with E-state index in [1.54, 1.807) is 30.5 Å². The molecule has 1 unspecified atom stereocenters. The number of carbonyl (C=O) groups is 2. The van der Waals surface area contributed by atoms with Gasteiger partial charge in [-0.05, 0) is 49.3 Å². The Labute approximate surface area is 189 Å². The first-order chi connectivity index (χ1) is 15.1. The standard InChI is InChI=1S/C25H31N3O4/c1-25(2,3)16-10-11-19(32-6)17(15-16)22(29)20-21(18-9-7-8-12-26-18)28(14-13-27(4)5)24(31)23(20)30/h7-12,15,21,29H,13-14H2,1-6H3/b22-20+. The van der Waals surface area contributed by atoms with E-state index >= 15 is 0 Å². The zero-order valence-corrected chi connectivity index (χ0v) is 19.5. The fourth-order valence-electron chi connectivity index (χ4n) is 3.77. The van der Waals surface area contributed by atoms with Gasteiger partial charge in [0.15, 0.2) is 0 Å². The number of amides is 1. The predicted molar refractivity (Wildman–Crippen MR) is 123 cm³/mol. The number of hydrogen-bond donors (Lipinski definition) is 1. The van der Waals surface area contributed by atoms with Gasteiger partial charge < -0.3 is 19.6 Å². The SMILES string of the molecule is COc1ccc(C(C)(C)C)cc1/C(O)=C1\C(=O)C(=O)N(CCN(C)C)C1c1ccccn1. The summed E-state index contributed by atoms with van der Waals surface area (Å²) in [6.07, 6.45) is 1.61. The Morgan fingerprint density at radius 2 is 1.91 bits per heavy atom. The molecular weight excluding hydrogens is 406 g/mol. The molecule has 7 nitrogen and oxygen atoms in total. The van der Waals surface area contributed by atoms with Crippen LogP contribution >= 0.6 is 0 Å². The first-order valence-electron chi connectivity index (χ1n) is 10.6. The number of pyridine rings is 1. The van der Waals surface area contributed by atoms with Crippen LogP contribution in [-0.4, -0.2) is 65.9 Å². The molecule has 1 fully saturated rings. The highest BCUT2D eigenvalue weighted by molar-refractivity contribution is 6.46. The molecule has 2 heterocycles. The van der Waals surface area contributed by atoms with Crippen molar-refractivity contribution in [2.24, 2.45) is 0 Å². The molecule has 0 saturated carbocycles. The number of aliphatic hydroxyl groups is 1. The van der Waals surface area contributed by atoms with Crippen molar-refractivity contribution >= 4 is 17.4 Å². The molecule has 0 radical (unpaired) electrons. The highest BCUT2D eigenvalue weighted by atomic mass is 16.5. The largest absolute Gasteiger partial charge is 0.507 e. The lowest BCUT2D eigenvalue weighted by Gasteiger charge is -2.26. The number of ketones is 1. The molecule has 170 valence electrons. The lowest BCUT2D eigenvalue weighted by atomic mass is 9.85. The summed E-state index contributed by atoms with van der Waals surface area (Å²) >= 11 is 0. The second-order valence-corrected chi connectivity index (χ2v) is 9.22. The Kier molecular flexibility index (Phi) is 6.69. The smallest absolute Gasteiger partial charge is 0.295 e. The van der Waals surface area contributed by atoms with E-state index in [0.717, 1.165) is 5.56 Å². The lowest BCUT2D eigenvalue weighted by Crippen LogP contribution is -2.35. The summed E-state index contributed by atoms with van der Waals surface area (Å²) in [6.45, 7) is 7.08. The third kappa shape index (κ3) is 4.53. The van der Waals surface area contributed by atoms with Gasteiger partial charge in [0.1, 0.15) is 17.6 Å². The number of ether oxygens (including phenoxy) is 1. The van der Waals surface area contributed by atoms with Gasteiger partial charge in [0.2, 0.25) is 0 Å². The molecule has 0 aliphatic carbocycles. The average molecular weight is 438 g/mol. The van der Waals surface area contributed by atoms with Crippen LogP contribution in [0.3, 0.4) is 0 Å². The number of carbonyl (C=O) groups excluding carboxylic acids is 2. The van der Waals surface area contributed by atoms with E-state index in [-0.39, 0.29) is 16.7 Å². The monoisotopic (exact) mass is 437 g/mol. The summed E-state index contributed by atoms with van der Waals surface area (Å²) in [6, 6.07) is 10.1. The summed E-state index contributed by atoms with van der Waals surface area (Å²) in [5.41, 5.74) is 1.72. The quantitative estimate of drug-likeness (QED) is 0.424. The predicted octanol–water partition coefficient (Wildman–Crippen LogP) is 3.37. The summed E-state index contributed by atoms with van der Waals surface area (Å²) in [5.74, 6) is -1.20. The van der Waals surface area contributed by atoms with Crippen molar-refractivity contribution in [1.29, 1.82) is 0 Å². The zero-order valence-electron chi connectivity index (χ0n) is 19.5. The number of rotatable bonds is 6. The van der Waals surface area contributed by atoms with Gasteiger partial charge in [-0.2, -0.15) is 0 Å². The van der Waals surface area contributed by atoms with E-state index in [1.165, 1.54) is 12.0 Å². The van der Waals surface area contributed by atoms with Gasteiger partial charge in [-0.15, -0.1) is 0 Å². The molecule has 1 aromatic carbocycles. The molecule has 0 spiro atoms. The van der Waals surface area contributed by atoms with Crippen LogP contribution in [0, 0.1) is 0 Å². The Hall–Kier alpha value is -3.19. The lowest BCUT2D eigenvalue weighted by molar-refractivity contribution is -0.140. The van der Waals surface area contributed by atoms with Crippen molar-refractivity contribution in [2.75, 3.05) is 34.3 Å². The van der Waals surface area contributed by atoms with Crippen molar-refractivity contribution < 1.29 is 19.4 Å². The molecule has 1 aromatic heterocycles. The van der Waals surface area contributed by atoms with Crippen molar-refractivity contribution in [3.8, 4) is 5.75 Å². The molecule has 3 rings (SSSR count). The van der Waals surface area contributed by atoms with Crippen molar-refractivity contribution in [2.45, 2.75) is 32.2 Å². The van der Waals surface area contributed by atoms with Crippen LogP contribution in [0.25, 0.3) is 5.76 Å². The number of likely N-dealkylation sites (tertiary alicyclic amines) is 1. The van der Waals surface area contributed by atoms with Crippen molar-refractivity contribution in [1.82, 2.24) is 14.8 Å². The van der Waals surface area contributed by atoms with Crippen LogP contribution in [-0.2, 0) is 15.0 Å². The second kappa shape index (κ2) is 9.12. The molecule has 0 bridgehead atoms. The molecule has 32 heavy (non-hydrogen) atoms. The fourth-order valence-corrected chi connectivity index (χ4v) is 3.77. The number of Topliss-reactive ketones (excluding diaryl/α,β-unsaturated/α-hetero) is 1. The van der Waals surface area contributed by atoms with Crippen LogP contribution in [0.2, 0.25) is 0 Å². The Morgan fingerprint density at radius 1 is 1.19 bits per heavy atom. The van der Waals surface area contributed by atoms with Gasteiger partial charge in [-0.25, -0.2) is 0 Å². The number of methoxy groups -OCH3 is 1. The molecular formula is C25H31N3O4. The summed E-state index contributed by atoms with van der Waals surface area (Å²) < 4.78 is 5.48. The number of nitrogens with zero attached hydrogens (tertiary/aromatic N) is 3. The van der Waals surface area contributed by atoms with Crippen LogP contribution in [0.5, 0.6) is 5.75 Å². The third-order valence-corrected chi connectivity index (χ3v) is 5.62. The number of hydrogen-bond acceptors (Lipinski definition) is 6. The third-order valence-electron chi connectivity index (χ3n) is 5.62. The minimum atomic E-state index is -0.779. The van der Waals surface area contributed by atoms with E-state index in [9.17, 15) is 14.7 Å². The minimum absolute atomic E-state index is 0.0248. The molecule has 1 saturated heterocycles. The van der Waals surface area contributed by atoms with Crippen LogP contribution in [0.1, 0.15) is 43.6 Å². The normalized spacial score (nSPS) is 18.5. The van der Waals surface area contributed by atoms with Crippen molar-refractivity contribution in [3.05, 3.63) is 65.0 Å². The highest BCUT2D eigenvalue weighted by Gasteiger charge is 2.46. The number of likely N-dealkylation sites (N-methyl/N-ethyl adjacent to an activating group) is 1. The zero-order chi connectivity index (χ0) is 23.6. The molecule has 1 atom stereocenters. The highest BCUT2D eigenvalue weighted by Crippen LogP contribution is 2.41. The molecule has 7 heteroatoms. The van der Waals surface area contributed by atoms with Crippen LogP contribution in [0.15, 0.2) is 48.2 Å². The van der Waals surface area contributed by atoms with Gasteiger partial charge >= 0.3 is 0 Å². The summed E-state index contributed by atoms with van der Waals surface area (Å²) in [4.78, 5) is 33.9. The fraction of sp³-hybridized carbons (Fsp3) is 0.400. The van der Waals surface area contributed by atoms with E-state index in [2.05, 4.69) is 25.8 Å². The van der Waals surface area contributed by atoms with Crippen molar-refractivity contribution in [3.63, 3.8) is 0 Å². The van der Waals surface area contributed by atoms with Gasteiger partial charge in [0.25, 0.3) is 11.7 Å². The topological polar surface area (TPSA) is 83.0 Å². The average Bonchev–Trinajstić information content (AvgIpc) is 3.01. The summed E-state index contributed by atoms with van der Waals surface area (Å²) in [7, 11) is 5.30. The first kappa shape index (κ1) is 23.5. The molecule has 2 aromatic rings. The van der Waals surface area contributed by atoms with Gasteiger partial charge in [0, 0.05) is 19.3 Å². The number of aliphatic hydroxyl groups excluding tert-OH is 1. The van der Waals surface area contributed by atoms with E-state index in [4.69, 9.17) is 4.74 Å². The Balaban J connectivity index is 2.23. The van der Waals surface area contributed by atoms with E-state index in [0.29, 0.717) is 30.1 Å². The minimum Gasteiger partial charge on any atom is -0.507 e. The maximum Gasteiger partial charge on any atom is 0.295 e. The van der Waals surface area contributed by atoms with Crippen LogP contribution in [0.4, 0.5) is 0 Å². The maximum atomic E-state index is 13.1. The maximum absolute atomic E-state index is 13.1. The molecule has 1 N–H and O–H groups in total. The summed E-state index contributed by atoms with van der Waals surface area (Å²) in [5, 5.41) is 11.4. The van der Waals surface area contributed by atoms with Gasteiger partial charge in [-0.1, -0.05) is 32.9 Å². The van der Waals surface area contributed by atoms with Gasteiger partial charge in [0.05, 0.1) is 23.9 Å². The Morgan fingerprint density at radius 3 is 2.47 bits per heavy atom. The van der Waals surface area contributed by atoms with Crippen LogP contribution < -0.4 is 4.74 Å². The first-order valence-corrected chi connectivity index (χ1v) is 10.6. The second-order valence-electron chi connectivity index (χ2n) is 9.22. The molecule has 1 aliphatic rings.